The van der Waals surface area contributed by atoms with E-state index in [0.29, 0.717) is 10.5 Å². The van der Waals surface area contributed by atoms with E-state index in [1.807, 2.05) is 6.07 Å². The van der Waals surface area contributed by atoms with Crippen LogP contribution in [0, 0.1) is 0 Å². The molecular weight excluding hydrogens is 358 g/mol. The topological polar surface area (TPSA) is 12.9 Å². The predicted molar refractivity (Wildman–Crippen MR) is 92.4 cm³/mol. The maximum absolute atomic E-state index is 4.87. The molecule has 1 aliphatic heterocycles. The Morgan fingerprint density at radius 2 is 2.00 bits per heavy atom. The van der Waals surface area contributed by atoms with Gasteiger partial charge in [-0.3, -0.25) is 0 Å². The van der Waals surface area contributed by atoms with Crippen molar-refractivity contribution in [2.75, 3.05) is 11.5 Å². The molecule has 1 fully saturated rings. The predicted octanol–water partition coefficient (Wildman–Crippen LogP) is 5.48. The summed E-state index contributed by atoms with van der Waals surface area (Å²) in [5.41, 5.74) is 2.28. The molecule has 1 aromatic carbocycles. The normalized spacial score (nSPS) is 23.5. The van der Waals surface area contributed by atoms with Crippen LogP contribution in [0.5, 0.6) is 0 Å². The number of thiazole rings is 1. The molecule has 2 aromatic rings. The minimum atomic E-state index is 0.556. The van der Waals surface area contributed by atoms with E-state index in [0.717, 1.165) is 10.2 Å². The summed E-state index contributed by atoms with van der Waals surface area (Å²) in [7, 11) is 0. The van der Waals surface area contributed by atoms with E-state index in [-0.39, 0.29) is 0 Å². The first-order valence-electron chi connectivity index (χ1n) is 6.19. The summed E-state index contributed by atoms with van der Waals surface area (Å²) < 4.78 is 1.12. The fourth-order valence-electron chi connectivity index (χ4n) is 2.11. The second-order valence-electron chi connectivity index (χ2n) is 4.42. The first-order valence-corrected chi connectivity index (χ1v) is 9.96. The van der Waals surface area contributed by atoms with Gasteiger partial charge in [-0.05, 0) is 6.07 Å². The zero-order valence-corrected chi connectivity index (χ0v) is 14.5. The summed E-state index contributed by atoms with van der Waals surface area (Å²) in [6, 6.07) is 8.29. The van der Waals surface area contributed by atoms with Gasteiger partial charge in [0.15, 0.2) is 0 Å². The lowest BCUT2D eigenvalue weighted by Gasteiger charge is -2.25. The van der Waals surface area contributed by atoms with Crippen LogP contribution in [0.1, 0.15) is 17.2 Å². The Morgan fingerprint density at radius 1 is 1.21 bits per heavy atom. The second-order valence-corrected chi connectivity index (χ2v) is 8.90. The Labute approximate surface area is 134 Å². The van der Waals surface area contributed by atoms with Gasteiger partial charge in [0.05, 0.1) is 10.9 Å². The lowest BCUT2D eigenvalue weighted by molar-refractivity contribution is 0.896. The van der Waals surface area contributed by atoms with Crippen molar-refractivity contribution in [3.05, 3.63) is 39.1 Å². The number of hydrogen-bond donors (Lipinski definition) is 0. The molecule has 2 atom stereocenters. The number of nitrogens with zero attached hydrogens (tertiary/aromatic N) is 1. The SMILES string of the molecule is CC1SCCSC1c1nc(-c2ccccc2Br)cs1. The van der Waals surface area contributed by atoms with E-state index < -0.39 is 0 Å². The molecule has 5 heteroatoms. The van der Waals surface area contributed by atoms with Crippen LogP contribution in [0.4, 0.5) is 0 Å². The van der Waals surface area contributed by atoms with Gasteiger partial charge in [-0.1, -0.05) is 41.1 Å². The molecule has 1 aromatic heterocycles. The highest BCUT2D eigenvalue weighted by Crippen LogP contribution is 2.44. The van der Waals surface area contributed by atoms with Crippen molar-refractivity contribution in [3.8, 4) is 11.3 Å². The van der Waals surface area contributed by atoms with Gasteiger partial charge in [0.25, 0.3) is 0 Å². The minimum absolute atomic E-state index is 0.556. The van der Waals surface area contributed by atoms with Gasteiger partial charge in [0, 0.05) is 32.2 Å². The maximum Gasteiger partial charge on any atom is 0.107 e. The number of benzene rings is 1. The Morgan fingerprint density at radius 3 is 2.79 bits per heavy atom. The van der Waals surface area contributed by atoms with Crippen molar-refractivity contribution in [3.63, 3.8) is 0 Å². The average Bonchev–Trinajstić information content (AvgIpc) is 2.89. The van der Waals surface area contributed by atoms with Crippen LogP contribution in [0.3, 0.4) is 0 Å². The Balaban J connectivity index is 1.89. The molecule has 1 aliphatic rings. The van der Waals surface area contributed by atoms with E-state index in [1.54, 1.807) is 11.3 Å². The van der Waals surface area contributed by atoms with Gasteiger partial charge in [0.1, 0.15) is 5.01 Å². The fourth-order valence-corrected chi connectivity index (χ4v) is 6.60. The summed E-state index contributed by atoms with van der Waals surface area (Å²) in [6.45, 7) is 2.32. The van der Waals surface area contributed by atoms with Crippen molar-refractivity contribution >= 4 is 50.8 Å². The summed E-state index contributed by atoms with van der Waals surface area (Å²) in [5.74, 6) is 2.51. The molecule has 2 unspecified atom stereocenters. The van der Waals surface area contributed by atoms with Crippen molar-refractivity contribution in [2.45, 2.75) is 17.4 Å². The third kappa shape index (κ3) is 3.04. The molecule has 3 rings (SSSR count). The van der Waals surface area contributed by atoms with Crippen LogP contribution in [0.25, 0.3) is 11.3 Å². The molecular formula is C14H14BrNS3. The van der Waals surface area contributed by atoms with Gasteiger partial charge in [0.2, 0.25) is 0 Å². The molecule has 0 amide bonds. The Hall–Kier alpha value is 0.0300. The number of thioether (sulfide) groups is 2. The summed E-state index contributed by atoms with van der Waals surface area (Å²) >= 11 is 9.52. The van der Waals surface area contributed by atoms with Gasteiger partial charge in [-0.2, -0.15) is 11.8 Å². The highest BCUT2D eigenvalue weighted by Gasteiger charge is 2.26. The molecule has 0 aliphatic carbocycles. The number of rotatable bonds is 2. The van der Waals surface area contributed by atoms with Crippen LogP contribution in [-0.4, -0.2) is 21.7 Å². The quantitative estimate of drug-likeness (QED) is 0.693. The summed E-state index contributed by atoms with van der Waals surface area (Å²) in [5, 5.41) is 4.68. The fraction of sp³-hybridized carbons (Fsp3) is 0.357. The largest absolute Gasteiger partial charge is 0.240 e. The van der Waals surface area contributed by atoms with Crippen LogP contribution < -0.4 is 0 Å². The number of aromatic nitrogens is 1. The van der Waals surface area contributed by atoms with E-state index >= 15 is 0 Å². The van der Waals surface area contributed by atoms with Crippen LogP contribution in [0.15, 0.2) is 34.1 Å². The molecule has 0 radical (unpaired) electrons. The zero-order valence-electron chi connectivity index (χ0n) is 10.5. The van der Waals surface area contributed by atoms with Crippen molar-refractivity contribution in [1.82, 2.24) is 4.98 Å². The number of hydrogen-bond acceptors (Lipinski definition) is 4. The highest BCUT2D eigenvalue weighted by molar-refractivity contribution is 9.10. The first-order chi connectivity index (χ1) is 9.25. The molecule has 2 heterocycles. The molecule has 1 saturated heterocycles. The smallest absolute Gasteiger partial charge is 0.107 e. The molecule has 0 saturated carbocycles. The van der Waals surface area contributed by atoms with Crippen LogP contribution in [-0.2, 0) is 0 Å². The molecule has 100 valence electrons. The summed E-state index contributed by atoms with van der Waals surface area (Å²) in [6.07, 6.45) is 0. The highest BCUT2D eigenvalue weighted by atomic mass is 79.9. The molecule has 0 spiro atoms. The van der Waals surface area contributed by atoms with Gasteiger partial charge in [-0.25, -0.2) is 4.98 Å². The molecule has 19 heavy (non-hydrogen) atoms. The lowest BCUT2D eigenvalue weighted by Crippen LogP contribution is -2.15. The van der Waals surface area contributed by atoms with Gasteiger partial charge >= 0.3 is 0 Å². The van der Waals surface area contributed by atoms with Crippen LogP contribution >= 0.6 is 50.8 Å². The Kier molecular flexibility index (Phi) is 4.57. The maximum atomic E-state index is 4.87. The average molecular weight is 372 g/mol. The monoisotopic (exact) mass is 371 g/mol. The zero-order chi connectivity index (χ0) is 13.2. The molecule has 1 nitrogen and oxygen atoms in total. The Bertz CT molecular complexity index is 569. The standard InChI is InChI=1S/C14H14BrNS3/c1-9-13(18-7-6-17-9)14-16-12(8-19-14)10-4-2-3-5-11(10)15/h2-5,8-9,13H,6-7H2,1H3. The third-order valence-electron chi connectivity index (χ3n) is 3.10. The molecule has 0 N–H and O–H groups in total. The minimum Gasteiger partial charge on any atom is -0.240 e. The first kappa shape index (κ1) is 14.0. The van der Waals surface area contributed by atoms with E-state index in [2.05, 4.69) is 70.0 Å². The van der Waals surface area contributed by atoms with Crippen molar-refractivity contribution in [1.29, 1.82) is 0 Å². The van der Waals surface area contributed by atoms with Gasteiger partial charge in [-0.15, -0.1) is 23.1 Å². The van der Waals surface area contributed by atoms with Crippen molar-refractivity contribution < 1.29 is 0 Å². The van der Waals surface area contributed by atoms with Crippen molar-refractivity contribution in [2.24, 2.45) is 0 Å². The van der Waals surface area contributed by atoms with Gasteiger partial charge < -0.3 is 0 Å². The second kappa shape index (κ2) is 6.20. The van der Waals surface area contributed by atoms with E-state index in [1.165, 1.54) is 22.1 Å². The lowest BCUT2D eigenvalue weighted by atomic mass is 10.2. The molecule has 0 bridgehead atoms. The number of halogens is 1. The van der Waals surface area contributed by atoms with E-state index in [9.17, 15) is 0 Å². The van der Waals surface area contributed by atoms with Crippen LogP contribution in [0.2, 0.25) is 0 Å². The van der Waals surface area contributed by atoms with E-state index in [4.69, 9.17) is 4.98 Å². The summed E-state index contributed by atoms with van der Waals surface area (Å²) in [4.78, 5) is 4.87. The third-order valence-corrected chi connectivity index (χ3v) is 7.97.